The van der Waals surface area contributed by atoms with Crippen molar-refractivity contribution in [3.63, 3.8) is 0 Å². The third kappa shape index (κ3) is 1.60. The highest BCUT2D eigenvalue weighted by atomic mass is 32.2. The summed E-state index contributed by atoms with van der Waals surface area (Å²) >= 11 is 0. The van der Waals surface area contributed by atoms with Crippen LogP contribution < -0.4 is 0 Å². The fourth-order valence-electron chi connectivity index (χ4n) is 1.40. The van der Waals surface area contributed by atoms with Gasteiger partial charge in [-0.1, -0.05) is 10.5 Å². The highest BCUT2D eigenvalue weighted by Gasteiger charge is 2.44. The lowest BCUT2D eigenvalue weighted by Gasteiger charge is -2.14. The van der Waals surface area contributed by atoms with Gasteiger partial charge < -0.3 is 9.47 Å². The predicted molar refractivity (Wildman–Crippen MR) is 49.3 cm³/mol. The minimum Gasteiger partial charge on any atom is -0.370 e. The van der Waals surface area contributed by atoms with E-state index in [1.54, 1.807) is 6.92 Å². The van der Waals surface area contributed by atoms with Crippen LogP contribution in [0.5, 0.6) is 0 Å². The molecule has 0 aromatic rings. The molecule has 1 saturated heterocycles. The number of carbonyl (C=O) groups is 1. The second kappa shape index (κ2) is 4.15. The topological polar surface area (TPSA) is 52.6 Å². The smallest absolute Gasteiger partial charge is 0.178 e. The Balaban J connectivity index is 3.03. The summed E-state index contributed by atoms with van der Waals surface area (Å²) in [6, 6.07) is 0. The van der Waals surface area contributed by atoms with Crippen LogP contribution in [0.2, 0.25) is 0 Å². The zero-order valence-electron chi connectivity index (χ0n) is 7.77. The SMILES string of the molecule is COC1C(=O)C(C)S(=C=O)C1OC. The van der Waals surface area contributed by atoms with Crippen LogP contribution in [0, 0.1) is 0 Å². The summed E-state index contributed by atoms with van der Waals surface area (Å²) in [7, 11) is 2.14. The van der Waals surface area contributed by atoms with Crippen LogP contribution in [0.15, 0.2) is 0 Å². The molecule has 0 amide bonds. The molecule has 13 heavy (non-hydrogen) atoms. The van der Waals surface area contributed by atoms with Crippen molar-refractivity contribution in [3.05, 3.63) is 0 Å². The lowest BCUT2D eigenvalue weighted by molar-refractivity contribution is -0.130. The van der Waals surface area contributed by atoms with Crippen molar-refractivity contribution in [2.24, 2.45) is 0 Å². The molecule has 1 rings (SSSR count). The van der Waals surface area contributed by atoms with Gasteiger partial charge in [0.05, 0.1) is 5.25 Å². The molecule has 0 N–H and O–H groups in total. The van der Waals surface area contributed by atoms with Crippen LogP contribution in [0.25, 0.3) is 0 Å². The molecule has 1 aliphatic heterocycles. The van der Waals surface area contributed by atoms with Gasteiger partial charge in [0.25, 0.3) is 0 Å². The van der Waals surface area contributed by atoms with Gasteiger partial charge >= 0.3 is 0 Å². The maximum absolute atomic E-state index is 11.5. The van der Waals surface area contributed by atoms with Gasteiger partial charge in [-0.25, -0.2) is 4.79 Å². The van der Waals surface area contributed by atoms with Crippen molar-refractivity contribution in [2.45, 2.75) is 23.7 Å². The van der Waals surface area contributed by atoms with Crippen LogP contribution in [0.3, 0.4) is 0 Å². The Labute approximate surface area is 79.1 Å². The van der Waals surface area contributed by atoms with Gasteiger partial charge in [-0.2, -0.15) is 0 Å². The third-order valence-electron chi connectivity index (χ3n) is 2.14. The number of hydrogen-bond donors (Lipinski definition) is 0. The first-order valence-electron chi connectivity index (χ1n) is 3.86. The predicted octanol–water partition coefficient (Wildman–Crippen LogP) is 0.281. The Hall–Kier alpha value is -0.480. The number of carbonyl (C=O) groups excluding carboxylic acids is 2. The van der Waals surface area contributed by atoms with E-state index in [1.165, 1.54) is 14.2 Å². The van der Waals surface area contributed by atoms with Gasteiger partial charge in [-0.05, 0) is 6.92 Å². The number of ether oxygens (including phenoxy) is 2. The first-order chi connectivity index (χ1) is 6.17. The number of ketones is 1. The summed E-state index contributed by atoms with van der Waals surface area (Å²) in [5.74, 6) is -0.0685. The fourth-order valence-corrected chi connectivity index (χ4v) is 3.14. The van der Waals surface area contributed by atoms with E-state index in [2.05, 4.69) is 0 Å². The Kier molecular flexibility index (Phi) is 3.39. The van der Waals surface area contributed by atoms with E-state index in [0.29, 0.717) is 0 Å². The number of methoxy groups -OCH3 is 2. The molecule has 4 atom stereocenters. The van der Waals surface area contributed by atoms with Crippen molar-refractivity contribution < 1.29 is 19.1 Å². The first-order valence-corrected chi connectivity index (χ1v) is 5.21. The average Bonchev–Trinajstić information content (AvgIpc) is 2.38. The van der Waals surface area contributed by atoms with E-state index < -0.39 is 22.0 Å². The summed E-state index contributed by atoms with van der Waals surface area (Å²) in [4.78, 5) is 22.1. The van der Waals surface area contributed by atoms with Gasteiger partial charge in [0.1, 0.15) is 5.44 Å². The molecule has 0 spiro atoms. The van der Waals surface area contributed by atoms with Gasteiger partial charge in [0.15, 0.2) is 17.1 Å². The minimum atomic E-state index is -0.779. The maximum Gasteiger partial charge on any atom is 0.178 e. The molecule has 1 aliphatic rings. The summed E-state index contributed by atoms with van der Waals surface area (Å²) in [5, 5.41) is 1.53. The zero-order chi connectivity index (χ0) is 10.0. The van der Waals surface area contributed by atoms with Crippen LogP contribution >= 0.6 is 10.5 Å². The molecule has 4 unspecified atom stereocenters. The van der Waals surface area contributed by atoms with Crippen molar-refractivity contribution in [3.8, 4) is 0 Å². The Morgan fingerprint density at radius 2 is 2.00 bits per heavy atom. The van der Waals surface area contributed by atoms with E-state index in [0.717, 1.165) is 0 Å². The fraction of sp³-hybridized carbons (Fsp3) is 0.750. The van der Waals surface area contributed by atoms with Gasteiger partial charge in [-0.3, -0.25) is 4.79 Å². The monoisotopic (exact) mass is 204 g/mol. The van der Waals surface area contributed by atoms with Crippen LogP contribution in [0.1, 0.15) is 6.92 Å². The molecule has 0 radical (unpaired) electrons. The van der Waals surface area contributed by atoms with Crippen molar-refractivity contribution in [1.82, 2.24) is 0 Å². The zero-order valence-corrected chi connectivity index (χ0v) is 8.59. The van der Waals surface area contributed by atoms with E-state index >= 15 is 0 Å². The van der Waals surface area contributed by atoms with Crippen molar-refractivity contribution >= 4 is 21.5 Å². The van der Waals surface area contributed by atoms with Crippen LogP contribution in [-0.2, 0) is 19.1 Å². The van der Waals surface area contributed by atoms with E-state index in [4.69, 9.17) is 9.47 Å². The standard InChI is InChI=1S/C8H12O4S/c1-5-6(10)7(11-2)8(12-3)13(5)4-9/h5,7-8H,1-3H3. The Morgan fingerprint density at radius 3 is 2.38 bits per heavy atom. The number of hydrogen-bond acceptors (Lipinski definition) is 4. The maximum atomic E-state index is 11.5. The van der Waals surface area contributed by atoms with E-state index in [9.17, 15) is 9.59 Å². The molecule has 0 aliphatic carbocycles. The molecule has 5 heteroatoms. The normalized spacial score (nSPS) is 39.2. The molecular formula is C8H12O4S. The summed E-state index contributed by atoms with van der Waals surface area (Å²) in [6.45, 7) is 1.71. The Morgan fingerprint density at radius 1 is 1.38 bits per heavy atom. The van der Waals surface area contributed by atoms with Gasteiger partial charge in [-0.15, -0.1) is 0 Å². The second-order valence-corrected chi connectivity index (χ2v) is 4.84. The molecular weight excluding hydrogens is 192 g/mol. The Bertz CT molecular complexity index is 269. The summed E-state index contributed by atoms with van der Waals surface area (Å²) < 4.78 is 10.0. The average molecular weight is 204 g/mol. The molecule has 0 aromatic heterocycles. The highest BCUT2D eigenvalue weighted by molar-refractivity contribution is 8.16. The number of Topliss-reactive ketones (excluding diaryl/α,β-unsaturated/α-hetero) is 1. The lowest BCUT2D eigenvalue weighted by Crippen LogP contribution is -2.30. The number of rotatable bonds is 2. The first kappa shape index (κ1) is 10.6. The molecule has 74 valence electrons. The molecule has 1 fully saturated rings. The molecule has 0 saturated carbocycles. The minimum absolute atomic E-state index is 0.0685. The molecule has 1 heterocycles. The lowest BCUT2D eigenvalue weighted by atomic mass is 10.2. The van der Waals surface area contributed by atoms with E-state index in [1.807, 2.05) is 5.23 Å². The summed E-state index contributed by atoms with van der Waals surface area (Å²) in [6.07, 6.45) is -0.607. The molecule has 0 bridgehead atoms. The molecule has 0 aromatic carbocycles. The van der Waals surface area contributed by atoms with Crippen molar-refractivity contribution in [1.29, 1.82) is 0 Å². The summed E-state index contributed by atoms with van der Waals surface area (Å²) in [5.41, 5.74) is -0.454. The van der Waals surface area contributed by atoms with Crippen LogP contribution in [-0.4, -0.2) is 42.0 Å². The van der Waals surface area contributed by atoms with Gasteiger partial charge in [0.2, 0.25) is 0 Å². The largest absolute Gasteiger partial charge is 0.370 e. The third-order valence-corrected chi connectivity index (χ3v) is 4.27. The van der Waals surface area contributed by atoms with Gasteiger partial charge in [0, 0.05) is 14.2 Å². The van der Waals surface area contributed by atoms with Crippen molar-refractivity contribution in [2.75, 3.05) is 14.2 Å². The highest BCUT2D eigenvalue weighted by Crippen LogP contribution is 2.38. The quantitative estimate of drug-likeness (QED) is 0.606. The van der Waals surface area contributed by atoms with Crippen LogP contribution in [0.4, 0.5) is 0 Å². The van der Waals surface area contributed by atoms with E-state index in [-0.39, 0.29) is 11.0 Å². The second-order valence-electron chi connectivity index (χ2n) is 2.76. The molecule has 4 nitrogen and oxygen atoms in total.